The van der Waals surface area contributed by atoms with Crippen LogP contribution in [0.5, 0.6) is 5.75 Å². The molecule has 2 saturated carbocycles. The molecule has 4 unspecified atom stereocenters. The summed E-state index contributed by atoms with van der Waals surface area (Å²) in [5.41, 5.74) is 0.206. The van der Waals surface area contributed by atoms with Crippen LogP contribution in [-0.2, 0) is 23.9 Å². The molecular formula is C49H48N4O15. The van der Waals surface area contributed by atoms with Crippen LogP contribution in [0.3, 0.4) is 0 Å². The lowest BCUT2D eigenvalue weighted by atomic mass is 9.62. The summed E-state index contributed by atoms with van der Waals surface area (Å²) in [4.78, 5) is 136. The Morgan fingerprint density at radius 1 is 0.706 bits per heavy atom. The van der Waals surface area contributed by atoms with Crippen molar-refractivity contribution < 1.29 is 72.1 Å². The Labute approximate surface area is 389 Å². The number of nitrogens with one attached hydrogen (secondary N) is 1. The van der Waals surface area contributed by atoms with Gasteiger partial charge in [-0.2, -0.15) is 0 Å². The highest BCUT2D eigenvalue weighted by Gasteiger charge is 2.49. The van der Waals surface area contributed by atoms with Crippen LogP contribution in [-0.4, -0.2) is 101 Å². The number of esters is 4. The number of benzene rings is 3. The highest BCUT2D eigenvalue weighted by atomic mass is 16.6. The number of fused-ring (bicyclic) bond motifs is 3. The number of nitrogens with zero attached hydrogens (tertiary/aromatic N) is 3. The summed E-state index contributed by atoms with van der Waals surface area (Å²) in [5, 5.41) is 12.2. The zero-order chi connectivity index (χ0) is 49.9. The molecule has 19 nitrogen and oxygen atoms in total. The molecule has 0 aromatic heterocycles. The smallest absolute Gasteiger partial charge is 0.347 e. The summed E-state index contributed by atoms with van der Waals surface area (Å²) >= 11 is 0. The van der Waals surface area contributed by atoms with Crippen LogP contribution in [0.25, 0.3) is 0 Å². The number of amides is 3. The summed E-state index contributed by atoms with van der Waals surface area (Å²) in [6.45, 7) is 13.4. The predicted octanol–water partition coefficient (Wildman–Crippen LogP) is 6.08. The molecule has 2 aliphatic carbocycles. The molecule has 2 N–H and O–H groups in total. The van der Waals surface area contributed by atoms with Gasteiger partial charge < -0.3 is 24.6 Å². The van der Waals surface area contributed by atoms with Crippen molar-refractivity contribution in [1.29, 1.82) is 0 Å². The van der Waals surface area contributed by atoms with E-state index in [0.29, 0.717) is 25.8 Å². The Hall–Kier alpha value is -7.75. The van der Waals surface area contributed by atoms with Gasteiger partial charge in [0, 0.05) is 18.2 Å². The highest BCUT2D eigenvalue weighted by molar-refractivity contribution is 6.22. The van der Waals surface area contributed by atoms with Crippen molar-refractivity contribution in [2.75, 3.05) is 13.1 Å². The summed E-state index contributed by atoms with van der Waals surface area (Å²) in [6, 6.07) is 11.7. The molecule has 3 heterocycles. The van der Waals surface area contributed by atoms with Gasteiger partial charge in [-0.1, -0.05) is 41.5 Å². The molecule has 4 atom stereocenters. The van der Waals surface area contributed by atoms with E-state index in [1.54, 1.807) is 12.2 Å². The van der Waals surface area contributed by atoms with Crippen molar-refractivity contribution in [3.8, 4) is 5.75 Å². The number of ether oxygens (including phenoxy) is 3. The second-order valence-electron chi connectivity index (χ2n) is 19.8. The summed E-state index contributed by atoms with van der Waals surface area (Å²) in [6.07, 6.45) is 7.60. The van der Waals surface area contributed by atoms with E-state index >= 15 is 0 Å². The van der Waals surface area contributed by atoms with E-state index in [-0.39, 0.29) is 85.6 Å². The van der Waals surface area contributed by atoms with Gasteiger partial charge in [-0.25, -0.2) is 43.5 Å². The Morgan fingerprint density at radius 3 is 1.87 bits per heavy atom. The van der Waals surface area contributed by atoms with Crippen molar-refractivity contribution in [3.63, 3.8) is 0 Å². The predicted molar refractivity (Wildman–Crippen MR) is 235 cm³/mol. The quantitative estimate of drug-likeness (QED) is 0.0582. The molecule has 2 fully saturated rings. The summed E-state index contributed by atoms with van der Waals surface area (Å²) in [5.74, 6) is -5.30. The third kappa shape index (κ3) is 10.9. The van der Waals surface area contributed by atoms with Gasteiger partial charge in [-0.15, -0.1) is 0 Å². The van der Waals surface area contributed by atoms with Crippen LogP contribution >= 0.6 is 0 Å². The molecule has 0 bridgehead atoms. The molecule has 3 amide bonds. The minimum absolute atomic E-state index is 0.00750. The minimum Gasteiger partial charge on any atom is -0.478 e. The van der Waals surface area contributed by atoms with Crippen molar-refractivity contribution in [3.05, 3.63) is 99.1 Å². The van der Waals surface area contributed by atoms with Crippen LogP contribution in [0.2, 0.25) is 0 Å². The number of cyclic esters (lactones) is 4. The fourth-order valence-corrected chi connectivity index (χ4v) is 10.5. The molecule has 19 heteroatoms. The first-order chi connectivity index (χ1) is 31.9. The molecule has 5 aliphatic rings. The van der Waals surface area contributed by atoms with E-state index in [1.165, 1.54) is 59.5 Å². The lowest BCUT2D eigenvalue weighted by Gasteiger charge is -2.48. The largest absolute Gasteiger partial charge is 0.478 e. The Kier molecular flexibility index (Phi) is 14.0. The first kappa shape index (κ1) is 49.7. The molecule has 3 aliphatic heterocycles. The Bertz CT molecular complexity index is 2770. The van der Waals surface area contributed by atoms with E-state index in [2.05, 4.69) is 50.3 Å². The van der Waals surface area contributed by atoms with Gasteiger partial charge >= 0.3 is 29.8 Å². The number of isocyanates is 2. The molecule has 3 aromatic rings. The monoisotopic (exact) mass is 932 g/mol. The average Bonchev–Trinajstić information content (AvgIpc) is 3.81. The number of rotatable bonds is 10. The fraction of sp³-hybridized carbons (Fsp3) is 0.408. The summed E-state index contributed by atoms with van der Waals surface area (Å²) in [7, 11) is 0. The highest BCUT2D eigenvalue weighted by Crippen LogP contribution is 2.49. The van der Waals surface area contributed by atoms with Crippen molar-refractivity contribution in [2.45, 2.75) is 92.2 Å². The van der Waals surface area contributed by atoms with E-state index in [4.69, 9.17) is 0 Å². The Balaban J connectivity index is 0.000000207. The lowest BCUT2D eigenvalue weighted by molar-refractivity contribution is -0.120. The van der Waals surface area contributed by atoms with Crippen LogP contribution in [0.4, 0.5) is 0 Å². The molecule has 0 saturated heterocycles. The molecule has 0 radical (unpaired) electrons. The first-order valence-corrected chi connectivity index (χ1v) is 21.5. The van der Waals surface area contributed by atoms with Crippen molar-refractivity contribution >= 4 is 66.2 Å². The van der Waals surface area contributed by atoms with Gasteiger partial charge in [0.25, 0.3) is 24.2 Å². The van der Waals surface area contributed by atoms with Crippen LogP contribution in [0, 0.1) is 21.7 Å². The van der Waals surface area contributed by atoms with Crippen LogP contribution in [0.1, 0.15) is 163 Å². The van der Waals surface area contributed by atoms with E-state index in [9.17, 15) is 57.8 Å². The summed E-state index contributed by atoms with van der Waals surface area (Å²) < 4.78 is 13.4. The number of carboxylic acids is 1. The standard InChI is InChI=1S/C28H26N2O8.C12H18N2O2.C9H4O5/c1-27(2)10-16(30-22(32)17-6-5-15(24(34)35)9-19(17)23(30)33)11-28(3,12-27)13-29-21(31)14-4-7-18-20(8-14)26(37)38-25(18)36;1-11(2)4-10(14-9-16)5-12(3,6-11)7-13-8-15;10-4-13-5-1-2-6-7(3-5)9(12)14-8(6)11/h4-9,16H,10-13H2,1-3H3,(H,29,31)(H,34,35);10H,4-7H2,1-3H3;1-4H. The number of carboxylic acid groups (broad SMARTS) is 1. The average molecular weight is 933 g/mol. The Morgan fingerprint density at radius 2 is 1.25 bits per heavy atom. The molecule has 354 valence electrons. The van der Waals surface area contributed by atoms with E-state index in [1.807, 2.05) is 20.8 Å². The third-order valence-electron chi connectivity index (χ3n) is 12.5. The number of hydrogen-bond donors (Lipinski definition) is 2. The molecule has 68 heavy (non-hydrogen) atoms. The van der Waals surface area contributed by atoms with E-state index < -0.39 is 59.0 Å². The second-order valence-corrected chi connectivity index (χ2v) is 19.8. The van der Waals surface area contributed by atoms with Gasteiger partial charge in [0.2, 0.25) is 12.2 Å². The zero-order valence-electron chi connectivity index (χ0n) is 38.1. The SMILES string of the molecule is CC1(C)CC(N2C(=O)c3ccc(C(=O)O)cc3C2=O)CC(C)(CNC(=O)c2ccc3c(c2)C(=O)OC3=O)C1.CC1(C)CC(N=C=O)CC(C)(CN=C=O)C1.O=COc1ccc2c(c1)C(=O)OC2=O. The van der Waals surface area contributed by atoms with E-state index in [0.717, 1.165) is 19.3 Å². The number of aliphatic imine (C=N–C) groups is 2. The normalized spacial score (nSPS) is 23.6. The maximum absolute atomic E-state index is 13.3. The maximum atomic E-state index is 13.3. The lowest BCUT2D eigenvalue weighted by Crippen LogP contribution is -2.52. The van der Waals surface area contributed by atoms with Gasteiger partial charge in [0.15, 0.2) is 0 Å². The van der Waals surface area contributed by atoms with Crippen molar-refractivity contribution in [2.24, 2.45) is 31.6 Å². The second kappa shape index (κ2) is 19.2. The molecule has 8 rings (SSSR count). The van der Waals surface area contributed by atoms with Gasteiger partial charge in [-0.05, 0) is 115 Å². The number of carbonyl (C=O) groups excluding carboxylic acids is 10. The third-order valence-corrected chi connectivity index (χ3v) is 12.5. The minimum atomic E-state index is -1.18. The van der Waals surface area contributed by atoms with Crippen molar-refractivity contribution in [1.82, 2.24) is 10.2 Å². The molecule has 0 spiro atoms. The van der Waals surface area contributed by atoms with Gasteiger partial charge in [0.05, 0.1) is 51.5 Å². The molecular weight excluding hydrogens is 885 g/mol. The zero-order valence-corrected chi connectivity index (χ0v) is 38.1. The first-order valence-electron chi connectivity index (χ1n) is 21.5. The fourth-order valence-electron chi connectivity index (χ4n) is 10.5. The number of carbonyl (C=O) groups is 9. The molecule has 3 aromatic carbocycles. The van der Waals surface area contributed by atoms with Gasteiger partial charge in [0.1, 0.15) is 5.75 Å². The maximum Gasteiger partial charge on any atom is 0.347 e. The van der Waals surface area contributed by atoms with Gasteiger partial charge in [-0.3, -0.25) is 24.1 Å². The number of aromatic carboxylic acids is 1. The number of imide groups is 1. The topological polar surface area (TPSA) is 276 Å². The number of hydrogen-bond acceptors (Lipinski definition) is 16. The van der Waals surface area contributed by atoms with Crippen LogP contribution < -0.4 is 10.1 Å². The van der Waals surface area contributed by atoms with Crippen LogP contribution in [0.15, 0.2) is 64.6 Å².